The van der Waals surface area contributed by atoms with Crippen LogP contribution in [-0.4, -0.2) is 42.7 Å². The molecular weight excluding hydrogens is 314 g/mol. The molecule has 1 amide bonds. The van der Waals surface area contributed by atoms with Gasteiger partial charge in [-0.3, -0.25) is 9.48 Å². The molecule has 1 saturated carbocycles. The Morgan fingerprint density at radius 2 is 2.12 bits per heavy atom. The minimum atomic E-state index is 0.0742. The first kappa shape index (κ1) is 16.4. The van der Waals surface area contributed by atoms with E-state index in [2.05, 4.69) is 33.2 Å². The summed E-state index contributed by atoms with van der Waals surface area (Å²) in [5, 5.41) is 4.67. The first-order valence-electron chi connectivity index (χ1n) is 9.39. The zero-order valence-electron chi connectivity index (χ0n) is 15.4. The fraction of sp³-hybridized carbons (Fsp3) is 0.632. The maximum Gasteiger partial charge on any atom is 0.274 e. The summed E-state index contributed by atoms with van der Waals surface area (Å²) >= 11 is 0. The number of hydrogen-bond acceptors (Lipinski definition) is 3. The van der Waals surface area contributed by atoms with Gasteiger partial charge in [-0.25, -0.2) is 4.98 Å². The van der Waals surface area contributed by atoms with Crippen LogP contribution in [0.4, 0.5) is 0 Å². The van der Waals surface area contributed by atoms with Gasteiger partial charge in [-0.05, 0) is 58.4 Å². The average molecular weight is 341 g/mol. The summed E-state index contributed by atoms with van der Waals surface area (Å²) in [7, 11) is 0. The highest BCUT2D eigenvalue weighted by Crippen LogP contribution is 2.39. The zero-order valence-corrected chi connectivity index (χ0v) is 15.4. The molecule has 0 N–H and O–H groups in total. The predicted molar refractivity (Wildman–Crippen MR) is 95.4 cm³/mol. The number of imidazole rings is 1. The van der Waals surface area contributed by atoms with Gasteiger partial charge in [0.05, 0.1) is 12.1 Å². The van der Waals surface area contributed by atoms with E-state index in [0.29, 0.717) is 11.7 Å². The van der Waals surface area contributed by atoms with Gasteiger partial charge in [0.2, 0.25) is 0 Å². The van der Waals surface area contributed by atoms with Crippen LogP contribution in [0.15, 0.2) is 18.5 Å². The lowest BCUT2D eigenvalue weighted by Gasteiger charge is -2.24. The minimum Gasteiger partial charge on any atom is -0.333 e. The molecule has 0 spiro atoms. The predicted octanol–water partition coefficient (Wildman–Crippen LogP) is 2.97. The topological polar surface area (TPSA) is 56.0 Å². The molecule has 1 saturated heterocycles. The molecule has 6 nitrogen and oxygen atoms in total. The van der Waals surface area contributed by atoms with E-state index in [-0.39, 0.29) is 11.9 Å². The average Bonchev–Trinajstić information content (AvgIpc) is 3.02. The number of likely N-dealkylation sites (tertiary alicyclic amines) is 1. The Balaban J connectivity index is 1.51. The molecule has 0 aromatic carbocycles. The quantitative estimate of drug-likeness (QED) is 0.840. The number of carbonyl (C=O) groups excluding carboxylic acids is 1. The molecule has 1 aliphatic heterocycles. The maximum atomic E-state index is 13.1. The van der Waals surface area contributed by atoms with Gasteiger partial charge >= 0.3 is 0 Å². The zero-order chi connectivity index (χ0) is 17.6. The van der Waals surface area contributed by atoms with E-state index >= 15 is 0 Å². The van der Waals surface area contributed by atoms with Crippen LogP contribution in [0.25, 0.3) is 0 Å². The molecule has 2 unspecified atom stereocenters. The van der Waals surface area contributed by atoms with E-state index in [1.165, 1.54) is 12.8 Å². The summed E-state index contributed by atoms with van der Waals surface area (Å²) in [5.41, 5.74) is 1.68. The number of nitrogens with zero attached hydrogens (tertiary/aromatic N) is 5. The second-order valence-corrected chi connectivity index (χ2v) is 7.61. The van der Waals surface area contributed by atoms with Gasteiger partial charge < -0.3 is 9.47 Å². The van der Waals surface area contributed by atoms with Crippen molar-refractivity contribution >= 4 is 5.91 Å². The van der Waals surface area contributed by atoms with Crippen LogP contribution in [0.5, 0.6) is 0 Å². The van der Waals surface area contributed by atoms with Crippen LogP contribution in [0.2, 0.25) is 0 Å². The number of hydrogen-bond donors (Lipinski definition) is 0. The van der Waals surface area contributed by atoms with Gasteiger partial charge in [-0.15, -0.1) is 0 Å². The number of carbonyl (C=O) groups is 1. The molecule has 2 aromatic rings. The lowest BCUT2D eigenvalue weighted by Crippen LogP contribution is -2.38. The summed E-state index contributed by atoms with van der Waals surface area (Å²) in [5.74, 6) is 1.80. The molecule has 134 valence electrons. The fourth-order valence-corrected chi connectivity index (χ4v) is 4.05. The lowest BCUT2D eigenvalue weighted by atomic mass is 10.2. The maximum absolute atomic E-state index is 13.1. The molecule has 0 bridgehead atoms. The Morgan fingerprint density at radius 1 is 1.32 bits per heavy atom. The SMILES string of the molecule is Cc1nccn1CC1CCCN1C(=O)c1cc(C)n(C(C)C2CC2)n1. The Bertz CT molecular complexity index is 773. The van der Waals surface area contributed by atoms with Crippen LogP contribution in [0.3, 0.4) is 0 Å². The van der Waals surface area contributed by atoms with Crippen molar-refractivity contribution in [2.24, 2.45) is 5.92 Å². The summed E-state index contributed by atoms with van der Waals surface area (Å²) in [6, 6.07) is 2.58. The standard InChI is InChI=1S/C19H27N5O/c1-13-11-18(21-24(13)14(2)16-6-7-16)19(25)23-9-4-5-17(23)12-22-10-8-20-15(22)3/h8,10-11,14,16-17H,4-7,9,12H2,1-3H3. The Morgan fingerprint density at radius 3 is 2.80 bits per heavy atom. The van der Waals surface area contributed by atoms with Crippen molar-refractivity contribution in [2.45, 2.75) is 65.1 Å². The van der Waals surface area contributed by atoms with Crippen molar-refractivity contribution in [3.05, 3.63) is 35.7 Å². The van der Waals surface area contributed by atoms with Gasteiger partial charge in [0.1, 0.15) is 5.82 Å². The van der Waals surface area contributed by atoms with Gasteiger partial charge in [0, 0.05) is 31.2 Å². The van der Waals surface area contributed by atoms with Crippen LogP contribution in [0, 0.1) is 19.8 Å². The lowest BCUT2D eigenvalue weighted by molar-refractivity contribution is 0.0716. The van der Waals surface area contributed by atoms with Gasteiger partial charge in [0.25, 0.3) is 5.91 Å². The summed E-state index contributed by atoms with van der Waals surface area (Å²) < 4.78 is 4.19. The molecule has 4 rings (SSSR count). The van der Waals surface area contributed by atoms with E-state index in [0.717, 1.165) is 43.4 Å². The molecule has 6 heteroatoms. The third kappa shape index (κ3) is 3.10. The highest BCUT2D eigenvalue weighted by molar-refractivity contribution is 5.92. The minimum absolute atomic E-state index is 0.0742. The number of aromatic nitrogens is 4. The summed E-state index contributed by atoms with van der Waals surface area (Å²) in [4.78, 5) is 19.4. The van der Waals surface area contributed by atoms with E-state index in [9.17, 15) is 4.79 Å². The van der Waals surface area contributed by atoms with Crippen molar-refractivity contribution in [1.29, 1.82) is 0 Å². The number of rotatable bonds is 5. The van der Waals surface area contributed by atoms with Crippen LogP contribution < -0.4 is 0 Å². The second-order valence-electron chi connectivity index (χ2n) is 7.61. The summed E-state index contributed by atoms with van der Waals surface area (Å²) in [6.07, 6.45) is 8.47. The first-order chi connectivity index (χ1) is 12.0. The van der Waals surface area contributed by atoms with Gasteiger partial charge in [-0.1, -0.05) is 0 Å². The Kier molecular flexibility index (Phi) is 4.13. The third-order valence-corrected chi connectivity index (χ3v) is 5.80. The molecule has 1 aliphatic carbocycles. The molecule has 25 heavy (non-hydrogen) atoms. The van der Waals surface area contributed by atoms with Crippen molar-refractivity contribution in [1.82, 2.24) is 24.2 Å². The fourth-order valence-electron chi connectivity index (χ4n) is 4.05. The van der Waals surface area contributed by atoms with Crippen LogP contribution >= 0.6 is 0 Å². The smallest absolute Gasteiger partial charge is 0.274 e. The molecule has 2 fully saturated rings. The first-order valence-corrected chi connectivity index (χ1v) is 9.39. The molecular formula is C19H27N5O. The van der Waals surface area contributed by atoms with Gasteiger partial charge in [-0.2, -0.15) is 5.10 Å². The normalized spacial score (nSPS) is 21.7. The Hall–Kier alpha value is -2.11. The van der Waals surface area contributed by atoms with E-state index < -0.39 is 0 Å². The van der Waals surface area contributed by atoms with Crippen LogP contribution in [-0.2, 0) is 6.54 Å². The molecule has 2 aliphatic rings. The second kappa shape index (κ2) is 6.32. The molecule has 0 radical (unpaired) electrons. The summed E-state index contributed by atoms with van der Waals surface area (Å²) in [6.45, 7) is 7.91. The number of aryl methyl sites for hydroxylation is 2. The van der Waals surface area contributed by atoms with Gasteiger partial charge in [0.15, 0.2) is 5.69 Å². The van der Waals surface area contributed by atoms with Crippen molar-refractivity contribution in [2.75, 3.05) is 6.54 Å². The largest absolute Gasteiger partial charge is 0.333 e. The monoisotopic (exact) mass is 341 g/mol. The van der Waals surface area contributed by atoms with E-state index in [1.807, 2.05) is 30.3 Å². The molecule has 2 aromatic heterocycles. The van der Waals surface area contributed by atoms with Crippen molar-refractivity contribution < 1.29 is 4.79 Å². The van der Waals surface area contributed by atoms with Crippen LogP contribution in [0.1, 0.15) is 60.7 Å². The Labute approximate surface area is 148 Å². The van der Waals surface area contributed by atoms with Crippen molar-refractivity contribution in [3.63, 3.8) is 0 Å². The molecule has 3 heterocycles. The van der Waals surface area contributed by atoms with Crippen molar-refractivity contribution in [3.8, 4) is 0 Å². The molecule has 2 atom stereocenters. The number of amides is 1. The third-order valence-electron chi connectivity index (χ3n) is 5.80. The highest BCUT2D eigenvalue weighted by atomic mass is 16.2. The highest BCUT2D eigenvalue weighted by Gasteiger charge is 2.34. The van der Waals surface area contributed by atoms with E-state index in [1.54, 1.807) is 0 Å². The van der Waals surface area contributed by atoms with E-state index in [4.69, 9.17) is 0 Å².